The second kappa shape index (κ2) is 10.7. The molecular formula is C18H28BrN3O4S2. The van der Waals surface area contributed by atoms with Gasteiger partial charge in [-0.25, -0.2) is 8.42 Å². The van der Waals surface area contributed by atoms with Crippen molar-refractivity contribution >= 4 is 49.1 Å². The molecule has 0 spiro atoms. The molecule has 158 valence electrons. The van der Waals surface area contributed by atoms with E-state index in [0.717, 1.165) is 16.6 Å². The summed E-state index contributed by atoms with van der Waals surface area (Å²) in [7, 11) is -3.52. The molecule has 0 atom stereocenters. The zero-order valence-electron chi connectivity index (χ0n) is 16.3. The van der Waals surface area contributed by atoms with Gasteiger partial charge < -0.3 is 10.2 Å². The highest BCUT2D eigenvalue weighted by atomic mass is 79.9. The molecule has 1 aromatic heterocycles. The van der Waals surface area contributed by atoms with E-state index < -0.39 is 10.0 Å². The molecule has 1 aliphatic rings. The number of hydrogen-bond acceptors (Lipinski definition) is 5. The lowest BCUT2D eigenvalue weighted by Gasteiger charge is -2.33. The molecule has 1 saturated heterocycles. The van der Waals surface area contributed by atoms with E-state index in [9.17, 15) is 18.0 Å². The van der Waals surface area contributed by atoms with Crippen molar-refractivity contribution in [3.8, 4) is 0 Å². The Morgan fingerprint density at radius 3 is 2.46 bits per heavy atom. The van der Waals surface area contributed by atoms with Gasteiger partial charge in [-0.05, 0) is 53.7 Å². The van der Waals surface area contributed by atoms with Crippen molar-refractivity contribution in [3.63, 3.8) is 0 Å². The van der Waals surface area contributed by atoms with Crippen LogP contribution >= 0.6 is 27.3 Å². The maximum absolute atomic E-state index is 12.9. The summed E-state index contributed by atoms with van der Waals surface area (Å²) in [5.74, 6) is -0.441. The number of halogens is 1. The average Bonchev–Trinajstić information content (AvgIpc) is 3.13. The Balaban J connectivity index is 1.96. The molecule has 28 heavy (non-hydrogen) atoms. The maximum atomic E-state index is 12.9. The van der Waals surface area contributed by atoms with Gasteiger partial charge >= 0.3 is 0 Å². The van der Waals surface area contributed by atoms with E-state index in [1.165, 1.54) is 15.6 Å². The number of carbonyl (C=O) groups excluding carboxylic acids is 2. The molecule has 7 nitrogen and oxygen atoms in total. The summed E-state index contributed by atoms with van der Waals surface area (Å²) in [6.45, 7) is 5.77. The summed E-state index contributed by atoms with van der Waals surface area (Å²) in [5.41, 5.74) is 0. The Kier molecular flexibility index (Phi) is 8.91. The fourth-order valence-electron chi connectivity index (χ4n) is 3.20. The topological polar surface area (TPSA) is 86.8 Å². The van der Waals surface area contributed by atoms with Gasteiger partial charge in [-0.1, -0.05) is 13.8 Å². The zero-order valence-corrected chi connectivity index (χ0v) is 19.5. The molecular weight excluding hydrogens is 466 g/mol. The van der Waals surface area contributed by atoms with Crippen LogP contribution in [0, 0.1) is 5.92 Å². The number of nitrogens with zero attached hydrogens (tertiary/aromatic N) is 2. The van der Waals surface area contributed by atoms with Crippen LogP contribution in [0.2, 0.25) is 0 Å². The fraction of sp³-hybridized carbons (Fsp3) is 0.667. The fourth-order valence-corrected chi connectivity index (χ4v) is 6.83. The first-order valence-electron chi connectivity index (χ1n) is 9.60. The quantitative estimate of drug-likeness (QED) is 0.572. The Hall–Kier alpha value is -0.970. The van der Waals surface area contributed by atoms with Crippen LogP contribution in [0.15, 0.2) is 20.1 Å². The van der Waals surface area contributed by atoms with E-state index in [1.807, 2.05) is 13.8 Å². The van der Waals surface area contributed by atoms with Crippen LogP contribution in [-0.4, -0.2) is 62.2 Å². The van der Waals surface area contributed by atoms with E-state index in [2.05, 4.69) is 21.2 Å². The SMILES string of the molecule is CCCNC(=O)CN(CCC)C(=O)C1CCN(S(=O)(=O)c2ccc(Br)s2)CC1. The van der Waals surface area contributed by atoms with Crippen molar-refractivity contribution in [3.05, 3.63) is 15.9 Å². The van der Waals surface area contributed by atoms with E-state index in [0.29, 0.717) is 43.2 Å². The molecule has 10 heteroatoms. The molecule has 1 fully saturated rings. The monoisotopic (exact) mass is 493 g/mol. The molecule has 1 N–H and O–H groups in total. The summed E-state index contributed by atoms with van der Waals surface area (Å²) in [6, 6.07) is 3.32. The Morgan fingerprint density at radius 2 is 1.93 bits per heavy atom. The van der Waals surface area contributed by atoms with Crippen molar-refractivity contribution in [1.82, 2.24) is 14.5 Å². The van der Waals surface area contributed by atoms with Crippen LogP contribution in [0.25, 0.3) is 0 Å². The van der Waals surface area contributed by atoms with Crippen LogP contribution in [0.1, 0.15) is 39.5 Å². The number of piperidine rings is 1. The standard InChI is InChI=1S/C18H28BrN3O4S2/c1-3-9-20-16(23)13-21(10-4-2)18(24)14-7-11-22(12-8-14)28(25,26)17-6-5-15(19)27-17/h5-6,14H,3-4,7-13H2,1-2H3,(H,20,23). The molecule has 2 amide bonds. The summed E-state index contributed by atoms with van der Waals surface area (Å²) >= 11 is 4.48. The third kappa shape index (κ3) is 6.01. The number of rotatable bonds is 9. The van der Waals surface area contributed by atoms with Crippen molar-refractivity contribution < 1.29 is 18.0 Å². The molecule has 0 unspecified atom stereocenters. The normalized spacial score (nSPS) is 16.1. The first kappa shape index (κ1) is 23.3. The number of amides is 2. The van der Waals surface area contributed by atoms with Crippen LogP contribution in [-0.2, 0) is 19.6 Å². The first-order chi connectivity index (χ1) is 13.3. The number of nitrogens with one attached hydrogen (secondary N) is 1. The van der Waals surface area contributed by atoms with Crippen molar-refractivity contribution in [2.24, 2.45) is 5.92 Å². The van der Waals surface area contributed by atoms with Gasteiger partial charge in [-0.15, -0.1) is 11.3 Å². The minimum Gasteiger partial charge on any atom is -0.355 e. The molecule has 1 aliphatic heterocycles. The lowest BCUT2D eigenvalue weighted by atomic mass is 9.96. The lowest BCUT2D eigenvalue weighted by molar-refractivity contribution is -0.140. The van der Waals surface area contributed by atoms with Crippen molar-refractivity contribution in [2.45, 2.75) is 43.7 Å². The second-order valence-corrected chi connectivity index (χ2v) is 11.5. The van der Waals surface area contributed by atoms with Gasteiger partial charge in [-0.3, -0.25) is 9.59 Å². The molecule has 0 aromatic carbocycles. The summed E-state index contributed by atoms with van der Waals surface area (Å²) in [4.78, 5) is 26.5. The minimum absolute atomic E-state index is 0.0515. The highest BCUT2D eigenvalue weighted by Gasteiger charge is 2.34. The Morgan fingerprint density at radius 1 is 1.25 bits per heavy atom. The van der Waals surface area contributed by atoms with Gasteiger partial charge in [0.25, 0.3) is 10.0 Å². The van der Waals surface area contributed by atoms with Gasteiger partial charge in [0.05, 0.1) is 10.3 Å². The largest absolute Gasteiger partial charge is 0.355 e. The van der Waals surface area contributed by atoms with Gasteiger partial charge in [0.15, 0.2) is 0 Å². The summed E-state index contributed by atoms with van der Waals surface area (Å²) < 4.78 is 28.0. The van der Waals surface area contributed by atoms with E-state index >= 15 is 0 Å². The third-order valence-electron chi connectivity index (χ3n) is 4.66. The summed E-state index contributed by atoms with van der Waals surface area (Å²) in [5, 5.41) is 2.80. The smallest absolute Gasteiger partial charge is 0.252 e. The third-order valence-corrected chi connectivity index (χ3v) is 8.65. The first-order valence-corrected chi connectivity index (χ1v) is 12.7. The van der Waals surface area contributed by atoms with Crippen LogP contribution in [0.4, 0.5) is 0 Å². The van der Waals surface area contributed by atoms with E-state index in [1.54, 1.807) is 17.0 Å². The molecule has 1 aromatic rings. The van der Waals surface area contributed by atoms with Crippen LogP contribution in [0.3, 0.4) is 0 Å². The average molecular weight is 494 g/mol. The lowest BCUT2D eigenvalue weighted by Crippen LogP contribution is -2.47. The van der Waals surface area contributed by atoms with Crippen molar-refractivity contribution in [1.29, 1.82) is 0 Å². The van der Waals surface area contributed by atoms with Crippen LogP contribution in [0.5, 0.6) is 0 Å². The van der Waals surface area contributed by atoms with Crippen molar-refractivity contribution in [2.75, 3.05) is 32.7 Å². The van der Waals surface area contributed by atoms with Gasteiger partial charge in [0.1, 0.15) is 4.21 Å². The second-order valence-electron chi connectivity index (χ2n) is 6.85. The Labute approximate surface area is 179 Å². The summed E-state index contributed by atoms with van der Waals surface area (Å²) in [6.07, 6.45) is 2.57. The highest BCUT2D eigenvalue weighted by Crippen LogP contribution is 2.31. The maximum Gasteiger partial charge on any atom is 0.252 e. The number of thiophene rings is 1. The highest BCUT2D eigenvalue weighted by molar-refractivity contribution is 9.11. The molecule has 0 saturated carbocycles. The predicted molar refractivity (Wildman–Crippen MR) is 114 cm³/mol. The Bertz CT molecular complexity index is 774. The number of sulfonamides is 1. The van der Waals surface area contributed by atoms with Gasteiger partial charge in [-0.2, -0.15) is 4.31 Å². The molecule has 2 heterocycles. The van der Waals surface area contributed by atoms with Gasteiger partial charge in [0, 0.05) is 32.1 Å². The van der Waals surface area contributed by atoms with Gasteiger partial charge in [0.2, 0.25) is 11.8 Å². The number of hydrogen-bond donors (Lipinski definition) is 1. The number of carbonyl (C=O) groups is 2. The minimum atomic E-state index is -3.52. The molecule has 2 rings (SSSR count). The predicted octanol–water partition coefficient (Wildman–Crippen LogP) is 2.68. The van der Waals surface area contributed by atoms with E-state index in [4.69, 9.17) is 0 Å². The molecule has 0 aliphatic carbocycles. The van der Waals surface area contributed by atoms with E-state index in [-0.39, 0.29) is 24.3 Å². The molecule has 0 bridgehead atoms. The molecule has 0 radical (unpaired) electrons. The zero-order chi connectivity index (χ0) is 20.7. The van der Waals surface area contributed by atoms with Crippen LogP contribution < -0.4 is 5.32 Å².